The monoisotopic (exact) mass is 565 g/mol. The molecule has 1 aromatic carbocycles. The molecule has 0 radical (unpaired) electrons. The van der Waals surface area contributed by atoms with Crippen LogP contribution in [0.2, 0.25) is 0 Å². The number of likely N-dealkylation sites (tertiary alicyclic amines) is 1. The van der Waals surface area contributed by atoms with Gasteiger partial charge >= 0.3 is 0 Å². The average molecular weight is 566 g/mol. The van der Waals surface area contributed by atoms with Crippen LogP contribution in [0.3, 0.4) is 0 Å². The molecule has 2 aliphatic heterocycles. The lowest BCUT2D eigenvalue weighted by atomic mass is 9.92. The number of rotatable bonds is 9. The molecule has 220 valence electrons. The van der Waals surface area contributed by atoms with Crippen LogP contribution in [0.1, 0.15) is 55.8 Å². The molecule has 2 saturated heterocycles. The minimum atomic E-state index is -0.802. The van der Waals surface area contributed by atoms with E-state index in [4.69, 9.17) is 19.4 Å². The van der Waals surface area contributed by atoms with Crippen LogP contribution in [0.25, 0.3) is 11.0 Å². The van der Waals surface area contributed by atoms with Crippen molar-refractivity contribution in [2.75, 3.05) is 56.7 Å². The van der Waals surface area contributed by atoms with Gasteiger partial charge in [-0.1, -0.05) is 13.0 Å². The van der Waals surface area contributed by atoms with E-state index < -0.39 is 11.6 Å². The number of ether oxygens (including phenoxy) is 2. The minimum Gasteiger partial charge on any atom is -0.481 e. The van der Waals surface area contributed by atoms with Crippen LogP contribution in [0.15, 0.2) is 24.3 Å². The summed E-state index contributed by atoms with van der Waals surface area (Å²) in [4.78, 5) is 14.4. The predicted molar refractivity (Wildman–Crippen MR) is 158 cm³/mol. The number of aryl methyl sites for hydroxylation is 1. The van der Waals surface area contributed by atoms with E-state index in [1.165, 1.54) is 18.1 Å². The zero-order valence-electron chi connectivity index (χ0n) is 24.2. The Balaban J connectivity index is 1.20. The standard InChI is InChI=1S/C32H41F2N5O2/c1-21-10-13-38(19-21)16-17-41-20-22-18-27-31(37-32(22)40-2)30(24-6-3-4-8-26(24)36-27)35-23-11-14-39(15-12-23)28-9-5-7-25(33)29(28)34/h5,7,9,18,21,23H,3-4,6,8,10-17,19-20H2,1-2H3,(H,35,36). The molecule has 9 heteroatoms. The second kappa shape index (κ2) is 12.4. The Kier molecular flexibility index (Phi) is 8.53. The van der Waals surface area contributed by atoms with Crippen molar-refractivity contribution < 1.29 is 18.3 Å². The molecule has 41 heavy (non-hydrogen) atoms. The highest BCUT2D eigenvalue weighted by Gasteiger charge is 2.26. The Morgan fingerprint density at radius 2 is 1.88 bits per heavy atom. The van der Waals surface area contributed by atoms with Gasteiger partial charge in [-0.3, -0.25) is 4.98 Å². The van der Waals surface area contributed by atoms with Gasteiger partial charge in [0.05, 0.1) is 37.2 Å². The van der Waals surface area contributed by atoms with Gasteiger partial charge < -0.3 is 24.6 Å². The van der Waals surface area contributed by atoms with Crippen molar-refractivity contribution >= 4 is 22.4 Å². The maximum Gasteiger partial charge on any atom is 0.219 e. The van der Waals surface area contributed by atoms with Crippen LogP contribution < -0.4 is 15.0 Å². The number of piperidine rings is 1. The first kappa shape index (κ1) is 28.1. The number of pyridine rings is 2. The van der Waals surface area contributed by atoms with Crippen molar-refractivity contribution in [3.05, 3.63) is 52.7 Å². The fourth-order valence-corrected chi connectivity index (χ4v) is 6.61. The number of nitrogens with zero attached hydrogens (tertiary/aromatic N) is 4. The molecule has 1 N–H and O–H groups in total. The molecule has 4 heterocycles. The molecule has 0 spiro atoms. The maximum atomic E-state index is 14.4. The zero-order chi connectivity index (χ0) is 28.3. The number of halogens is 2. The zero-order valence-corrected chi connectivity index (χ0v) is 24.2. The third-order valence-corrected chi connectivity index (χ3v) is 8.90. The smallest absolute Gasteiger partial charge is 0.219 e. The summed E-state index contributed by atoms with van der Waals surface area (Å²) in [6.45, 7) is 7.96. The molecule has 1 unspecified atom stereocenters. The third-order valence-electron chi connectivity index (χ3n) is 8.90. The van der Waals surface area contributed by atoms with Gasteiger partial charge in [0.1, 0.15) is 5.52 Å². The molecule has 0 saturated carbocycles. The van der Waals surface area contributed by atoms with Crippen molar-refractivity contribution in [2.24, 2.45) is 5.92 Å². The van der Waals surface area contributed by atoms with Crippen LogP contribution in [-0.4, -0.2) is 67.4 Å². The van der Waals surface area contributed by atoms with E-state index in [9.17, 15) is 8.78 Å². The van der Waals surface area contributed by atoms with Crippen molar-refractivity contribution in [3.8, 4) is 5.88 Å². The van der Waals surface area contributed by atoms with E-state index in [-0.39, 0.29) is 6.04 Å². The lowest BCUT2D eigenvalue weighted by molar-refractivity contribution is 0.0967. The topological polar surface area (TPSA) is 62.8 Å². The fraction of sp³-hybridized carbons (Fsp3) is 0.562. The van der Waals surface area contributed by atoms with Crippen LogP contribution in [0.4, 0.5) is 20.2 Å². The minimum absolute atomic E-state index is 0.198. The van der Waals surface area contributed by atoms with E-state index in [1.54, 1.807) is 19.2 Å². The SMILES string of the molecule is COc1nc2c(NC3CCN(c4cccc(F)c4F)CC3)c3c(nc2cc1COCCN1CCC(C)C1)CCCC3. The van der Waals surface area contributed by atoms with Gasteiger partial charge in [-0.15, -0.1) is 0 Å². The largest absolute Gasteiger partial charge is 0.481 e. The summed E-state index contributed by atoms with van der Waals surface area (Å²) in [5, 5.41) is 3.82. The van der Waals surface area contributed by atoms with E-state index in [0.29, 0.717) is 37.9 Å². The van der Waals surface area contributed by atoms with Gasteiger partial charge in [0.2, 0.25) is 5.88 Å². The van der Waals surface area contributed by atoms with E-state index in [1.807, 2.05) is 4.90 Å². The van der Waals surface area contributed by atoms with Gasteiger partial charge in [0, 0.05) is 43.5 Å². The number of fused-ring (bicyclic) bond motifs is 2. The quantitative estimate of drug-likeness (QED) is 0.332. The first-order valence-electron chi connectivity index (χ1n) is 15.1. The number of nitrogens with one attached hydrogen (secondary N) is 1. The van der Waals surface area contributed by atoms with E-state index in [2.05, 4.69) is 23.2 Å². The van der Waals surface area contributed by atoms with Gasteiger partial charge in [0.15, 0.2) is 11.6 Å². The first-order chi connectivity index (χ1) is 20.0. The van der Waals surface area contributed by atoms with Crippen LogP contribution in [0, 0.1) is 17.6 Å². The molecule has 3 aliphatic rings. The summed E-state index contributed by atoms with van der Waals surface area (Å²) in [5.74, 6) is -0.230. The number of methoxy groups -OCH3 is 1. The van der Waals surface area contributed by atoms with Crippen LogP contribution in [-0.2, 0) is 24.2 Å². The summed E-state index contributed by atoms with van der Waals surface area (Å²) >= 11 is 0. The highest BCUT2D eigenvalue weighted by molar-refractivity contribution is 5.91. The predicted octanol–water partition coefficient (Wildman–Crippen LogP) is 5.73. The summed E-state index contributed by atoms with van der Waals surface area (Å²) in [5.41, 5.74) is 6.39. The van der Waals surface area contributed by atoms with Gasteiger partial charge in [-0.2, -0.15) is 0 Å². The molecular formula is C32H41F2N5O2. The molecular weight excluding hydrogens is 524 g/mol. The summed E-state index contributed by atoms with van der Waals surface area (Å²) in [6, 6.07) is 6.67. The Morgan fingerprint density at radius 1 is 1.05 bits per heavy atom. The lowest BCUT2D eigenvalue weighted by Crippen LogP contribution is -2.40. The molecule has 1 aliphatic carbocycles. The molecule has 7 nitrogen and oxygen atoms in total. The molecule has 1 atom stereocenters. The van der Waals surface area contributed by atoms with E-state index in [0.717, 1.165) is 92.1 Å². The van der Waals surface area contributed by atoms with Crippen molar-refractivity contribution in [1.29, 1.82) is 0 Å². The van der Waals surface area contributed by atoms with Gasteiger partial charge in [-0.25, -0.2) is 13.8 Å². The second-order valence-electron chi connectivity index (χ2n) is 11.9. The molecule has 3 aromatic rings. The molecule has 2 fully saturated rings. The number of hydrogen-bond acceptors (Lipinski definition) is 7. The van der Waals surface area contributed by atoms with Crippen molar-refractivity contribution in [2.45, 2.75) is 64.5 Å². The number of aromatic nitrogens is 2. The van der Waals surface area contributed by atoms with Crippen molar-refractivity contribution in [1.82, 2.24) is 14.9 Å². The van der Waals surface area contributed by atoms with Crippen LogP contribution >= 0.6 is 0 Å². The maximum absolute atomic E-state index is 14.4. The molecule has 0 amide bonds. The summed E-state index contributed by atoms with van der Waals surface area (Å²) in [7, 11) is 1.66. The Bertz CT molecular complexity index is 1380. The molecule has 6 rings (SSSR count). The number of benzene rings is 1. The summed E-state index contributed by atoms with van der Waals surface area (Å²) in [6.07, 6.45) is 7.09. The van der Waals surface area contributed by atoms with Gasteiger partial charge in [0.25, 0.3) is 0 Å². The normalized spacial score (nSPS) is 20.0. The highest BCUT2D eigenvalue weighted by Crippen LogP contribution is 2.36. The summed E-state index contributed by atoms with van der Waals surface area (Å²) < 4.78 is 40.0. The average Bonchev–Trinajstić information content (AvgIpc) is 3.41. The molecule has 0 bridgehead atoms. The second-order valence-corrected chi connectivity index (χ2v) is 11.9. The third kappa shape index (κ3) is 6.11. The Morgan fingerprint density at radius 3 is 2.66 bits per heavy atom. The Hall–Kier alpha value is -3.04. The lowest BCUT2D eigenvalue weighted by Gasteiger charge is -2.35. The van der Waals surface area contributed by atoms with Crippen LogP contribution in [0.5, 0.6) is 5.88 Å². The van der Waals surface area contributed by atoms with Gasteiger partial charge in [-0.05, 0) is 81.2 Å². The first-order valence-corrected chi connectivity index (χ1v) is 15.1. The van der Waals surface area contributed by atoms with E-state index >= 15 is 0 Å². The number of anilines is 2. The number of hydrogen-bond donors (Lipinski definition) is 1. The Labute approximate surface area is 241 Å². The van der Waals surface area contributed by atoms with Crippen molar-refractivity contribution in [3.63, 3.8) is 0 Å². The fourth-order valence-electron chi connectivity index (χ4n) is 6.61. The molecule has 2 aromatic heterocycles. The highest BCUT2D eigenvalue weighted by atomic mass is 19.2.